The fraction of sp³-hybridized carbons (Fsp3) is 0.0588. The minimum Gasteiger partial charge on any atom is -0.454 e. The Morgan fingerprint density at radius 3 is 2.67 bits per heavy atom. The zero-order chi connectivity index (χ0) is 16.5. The van der Waals surface area contributed by atoms with Crippen molar-refractivity contribution in [2.24, 2.45) is 0 Å². The number of fused-ring (bicyclic) bond motifs is 1. The lowest BCUT2D eigenvalue weighted by Crippen LogP contribution is -2.12. The third-order valence-electron chi connectivity index (χ3n) is 3.50. The average molecular weight is 326 g/mol. The number of aromatic nitrogens is 1. The van der Waals surface area contributed by atoms with E-state index in [1.165, 1.54) is 18.2 Å². The van der Waals surface area contributed by atoms with Crippen LogP contribution in [-0.4, -0.2) is 17.9 Å². The van der Waals surface area contributed by atoms with Crippen LogP contribution < -0.4 is 14.8 Å². The van der Waals surface area contributed by atoms with Crippen LogP contribution in [-0.2, 0) is 0 Å². The van der Waals surface area contributed by atoms with Gasteiger partial charge in [-0.1, -0.05) is 5.16 Å². The number of hydrogen-bond donors (Lipinski definition) is 1. The van der Waals surface area contributed by atoms with Gasteiger partial charge < -0.3 is 19.3 Å². The summed E-state index contributed by atoms with van der Waals surface area (Å²) in [7, 11) is 0. The summed E-state index contributed by atoms with van der Waals surface area (Å²) in [6.45, 7) is 0.164. The van der Waals surface area contributed by atoms with Crippen LogP contribution in [0.15, 0.2) is 53.1 Å². The Kier molecular flexibility index (Phi) is 3.38. The summed E-state index contributed by atoms with van der Waals surface area (Å²) >= 11 is 0. The fourth-order valence-electron chi connectivity index (χ4n) is 2.30. The second-order valence-electron chi connectivity index (χ2n) is 5.11. The van der Waals surface area contributed by atoms with Gasteiger partial charge in [-0.05, 0) is 36.4 Å². The van der Waals surface area contributed by atoms with Crippen LogP contribution >= 0.6 is 0 Å². The Morgan fingerprint density at radius 1 is 1.04 bits per heavy atom. The minimum absolute atomic E-state index is 0.118. The quantitative estimate of drug-likeness (QED) is 0.798. The molecule has 2 aromatic carbocycles. The smallest absolute Gasteiger partial charge is 0.277 e. The maximum Gasteiger partial charge on any atom is 0.277 e. The molecule has 6 nitrogen and oxygen atoms in total. The maximum atomic E-state index is 12.9. The predicted octanol–water partition coefficient (Wildman–Crippen LogP) is 3.46. The fourth-order valence-corrected chi connectivity index (χ4v) is 2.30. The maximum absolute atomic E-state index is 12.9. The first kappa shape index (κ1) is 14.3. The molecule has 0 spiro atoms. The highest BCUT2D eigenvalue weighted by Crippen LogP contribution is 2.34. The lowest BCUT2D eigenvalue weighted by Gasteiger charge is -2.03. The summed E-state index contributed by atoms with van der Waals surface area (Å²) in [6.07, 6.45) is 0. The molecule has 3 aromatic rings. The molecule has 1 aromatic heterocycles. The number of hydrogen-bond acceptors (Lipinski definition) is 5. The SMILES string of the molecule is O=C(Nc1ccc2c(c1)OCO2)c1cc(-c2ccc(F)cc2)on1. The molecular weight excluding hydrogens is 315 g/mol. The Bertz CT molecular complexity index is 905. The van der Waals surface area contributed by atoms with Gasteiger partial charge in [0, 0.05) is 23.4 Å². The Labute approximate surface area is 135 Å². The van der Waals surface area contributed by atoms with E-state index in [4.69, 9.17) is 14.0 Å². The standard InChI is InChI=1S/C17H11FN2O4/c18-11-3-1-10(2-4-11)15-8-13(20-24-15)17(21)19-12-5-6-14-16(7-12)23-9-22-14/h1-8H,9H2,(H,19,21). The number of carbonyl (C=O) groups excluding carboxylic acids is 1. The van der Waals surface area contributed by atoms with Crippen LogP contribution in [0.1, 0.15) is 10.5 Å². The van der Waals surface area contributed by atoms with Crippen LogP contribution in [0.5, 0.6) is 11.5 Å². The molecule has 0 unspecified atom stereocenters. The van der Waals surface area contributed by atoms with Crippen LogP contribution in [0.2, 0.25) is 0 Å². The van der Waals surface area contributed by atoms with E-state index in [0.717, 1.165) is 0 Å². The molecule has 2 heterocycles. The molecule has 0 saturated carbocycles. The highest BCUT2D eigenvalue weighted by Gasteiger charge is 2.17. The van der Waals surface area contributed by atoms with Gasteiger partial charge in [-0.3, -0.25) is 4.79 Å². The molecule has 0 saturated heterocycles. The average Bonchev–Trinajstić information content (AvgIpc) is 3.24. The van der Waals surface area contributed by atoms with Gasteiger partial charge >= 0.3 is 0 Å². The molecule has 0 aliphatic carbocycles. The highest BCUT2D eigenvalue weighted by molar-refractivity contribution is 6.03. The molecule has 1 amide bonds. The molecule has 0 bridgehead atoms. The number of halogens is 1. The lowest BCUT2D eigenvalue weighted by molar-refractivity contribution is 0.101. The van der Waals surface area contributed by atoms with Crippen molar-refractivity contribution in [1.29, 1.82) is 0 Å². The van der Waals surface area contributed by atoms with Crippen molar-refractivity contribution in [3.8, 4) is 22.8 Å². The van der Waals surface area contributed by atoms with Crippen molar-refractivity contribution in [3.05, 3.63) is 60.0 Å². The van der Waals surface area contributed by atoms with Crippen LogP contribution in [0.3, 0.4) is 0 Å². The molecule has 120 valence electrons. The molecule has 4 rings (SSSR count). The number of ether oxygens (including phenoxy) is 2. The molecule has 24 heavy (non-hydrogen) atoms. The van der Waals surface area contributed by atoms with Gasteiger partial charge in [0.15, 0.2) is 23.0 Å². The van der Waals surface area contributed by atoms with E-state index >= 15 is 0 Å². The van der Waals surface area contributed by atoms with Crippen molar-refractivity contribution in [3.63, 3.8) is 0 Å². The number of amides is 1. The van der Waals surface area contributed by atoms with Crippen molar-refractivity contribution in [2.75, 3.05) is 12.1 Å². The molecule has 1 aliphatic heterocycles. The first-order valence-electron chi connectivity index (χ1n) is 7.13. The third-order valence-corrected chi connectivity index (χ3v) is 3.50. The van der Waals surface area contributed by atoms with E-state index in [-0.39, 0.29) is 18.3 Å². The molecule has 0 atom stereocenters. The van der Waals surface area contributed by atoms with Crippen LogP contribution in [0.4, 0.5) is 10.1 Å². The monoisotopic (exact) mass is 326 g/mol. The first-order chi connectivity index (χ1) is 11.7. The molecule has 0 radical (unpaired) electrons. The summed E-state index contributed by atoms with van der Waals surface area (Å²) < 4.78 is 28.6. The highest BCUT2D eigenvalue weighted by atomic mass is 19.1. The van der Waals surface area contributed by atoms with Gasteiger partial charge in [-0.15, -0.1) is 0 Å². The second-order valence-corrected chi connectivity index (χ2v) is 5.11. The van der Waals surface area contributed by atoms with E-state index in [2.05, 4.69) is 10.5 Å². The lowest BCUT2D eigenvalue weighted by atomic mass is 10.1. The number of rotatable bonds is 3. The van der Waals surface area contributed by atoms with Crippen molar-refractivity contribution in [2.45, 2.75) is 0 Å². The van der Waals surface area contributed by atoms with Gasteiger partial charge in [0.1, 0.15) is 5.82 Å². The van der Waals surface area contributed by atoms with Crippen molar-refractivity contribution < 1.29 is 23.2 Å². The summed E-state index contributed by atoms with van der Waals surface area (Å²) in [5, 5.41) is 6.45. The number of nitrogens with one attached hydrogen (secondary N) is 1. The van der Waals surface area contributed by atoms with E-state index in [1.807, 2.05) is 0 Å². The molecule has 7 heteroatoms. The summed E-state index contributed by atoms with van der Waals surface area (Å²) in [6, 6.07) is 12.3. The van der Waals surface area contributed by atoms with Gasteiger partial charge in [0.25, 0.3) is 5.91 Å². The number of carbonyl (C=O) groups is 1. The van der Waals surface area contributed by atoms with Gasteiger partial charge in [-0.2, -0.15) is 0 Å². The predicted molar refractivity (Wildman–Crippen MR) is 82.4 cm³/mol. The number of anilines is 1. The van der Waals surface area contributed by atoms with E-state index in [9.17, 15) is 9.18 Å². The normalized spacial score (nSPS) is 12.2. The Balaban J connectivity index is 1.52. The molecule has 1 aliphatic rings. The zero-order valence-corrected chi connectivity index (χ0v) is 12.3. The van der Waals surface area contributed by atoms with Gasteiger partial charge in [0.2, 0.25) is 6.79 Å². The topological polar surface area (TPSA) is 73.6 Å². The van der Waals surface area contributed by atoms with Crippen LogP contribution in [0, 0.1) is 5.82 Å². The van der Waals surface area contributed by atoms with Gasteiger partial charge in [0.05, 0.1) is 0 Å². The molecule has 1 N–H and O–H groups in total. The molecular formula is C17H11FN2O4. The Morgan fingerprint density at radius 2 is 1.83 bits per heavy atom. The van der Waals surface area contributed by atoms with Crippen molar-refractivity contribution in [1.82, 2.24) is 5.16 Å². The number of benzene rings is 2. The second kappa shape index (κ2) is 5.69. The zero-order valence-electron chi connectivity index (χ0n) is 12.3. The summed E-state index contributed by atoms with van der Waals surface area (Å²) in [5.74, 6) is 0.809. The largest absolute Gasteiger partial charge is 0.454 e. The van der Waals surface area contributed by atoms with E-state index < -0.39 is 5.91 Å². The molecule has 0 fully saturated rings. The van der Waals surface area contributed by atoms with Crippen molar-refractivity contribution >= 4 is 11.6 Å². The van der Waals surface area contributed by atoms with Crippen LogP contribution in [0.25, 0.3) is 11.3 Å². The summed E-state index contributed by atoms with van der Waals surface area (Å²) in [4.78, 5) is 12.2. The first-order valence-corrected chi connectivity index (χ1v) is 7.13. The minimum atomic E-state index is -0.425. The van der Waals surface area contributed by atoms with E-state index in [0.29, 0.717) is 28.5 Å². The summed E-state index contributed by atoms with van der Waals surface area (Å²) in [5.41, 5.74) is 1.30. The van der Waals surface area contributed by atoms with E-state index in [1.54, 1.807) is 30.3 Å². The third kappa shape index (κ3) is 2.67. The Hall–Kier alpha value is -3.35. The van der Waals surface area contributed by atoms with Gasteiger partial charge in [-0.25, -0.2) is 4.39 Å². The number of nitrogens with zero attached hydrogens (tertiary/aromatic N) is 1.